The van der Waals surface area contributed by atoms with Crippen molar-refractivity contribution in [2.45, 2.75) is 32.5 Å². The van der Waals surface area contributed by atoms with Gasteiger partial charge in [0.05, 0.1) is 16.6 Å². The van der Waals surface area contributed by atoms with Crippen molar-refractivity contribution in [3.8, 4) is 6.07 Å². The van der Waals surface area contributed by atoms with Crippen molar-refractivity contribution < 1.29 is 9.66 Å². The van der Waals surface area contributed by atoms with Crippen LogP contribution in [0.2, 0.25) is 0 Å². The molecule has 1 aliphatic heterocycles. The summed E-state index contributed by atoms with van der Waals surface area (Å²) < 4.78 is 5.82. The highest BCUT2D eigenvalue weighted by Gasteiger charge is 2.32. The molecule has 0 radical (unpaired) electrons. The molecule has 6 heteroatoms. The van der Waals surface area contributed by atoms with Gasteiger partial charge in [-0.15, -0.1) is 0 Å². The van der Waals surface area contributed by atoms with Crippen LogP contribution < -0.4 is 4.90 Å². The number of nitro groups is 1. The molecule has 1 saturated heterocycles. The Kier molecular flexibility index (Phi) is 3.64. The average Bonchev–Trinajstić information content (AvgIpc) is 2.35. The molecular weight excluding hydrogens is 258 g/mol. The lowest BCUT2D eigenvalue weighted by molar-refractivity contribution is -0.385. The molecule has 20 heavy (non-hydrogen) atoms. The van der Waals surface area contributed by atoms with E-state index in [2.05, 4.69) is 4.90 Å². The number of nitriles is 1. The van der Waals surface area contributed by atoms with Crippen LogP contribution >= 0.6 is 0 Å². The molecule has 6 nitrogen and oxygen atoms in total. The molecule has 1 heterocycles. The largest absolute Gasteiger partial charge is 0.369 e. The van der Waals surface area contributed by atoms with E-state index in [9.17, 15) is 10.1 Å². The summed E-state index contributed by atoms with van der Waals surface area (Å²) in [5.74, 6) is 0. The topological polar surface area (TPSA) is 79.4 Å². The van der Waals surface area contributed by atoms with Gasteiger partial charge in [-0.3, -0.25) is 10.1 Å². The van der Waals surface area contributed by atoms with Crippen molar-refractivity contribution in [2.24, 2.45) is 0 Å². The van der Waals surface area contributed by atoms with Gasteiger partial charge in [0.2, 0.25) is 0 Å². The van der Waals surface area contributed by atoms with Gasteiger partial charge in [-0.05, 0) is 32.9 Å². The van der Waals surface area contributed by atoms with Crippen LogP contribution in [-0.4, -0.2) is 29.7 Å². The molecule has 0 bridgehead atoms. The van der Waals surface area contributed by atoms with E-state index in [4.69, 9.17) is 10.00 Å². The third kappa shape index (κ3) is 2.89. The number of rotatable bonds is 2. The lowest BCUT2D eigenvalue weighted by atomic mass is 10.0. The third-order valence-corrected chi connectivity index (χ3v) is 3.23. The Morgan fingerprint density at radius 1 is 1.55 bits per heavy atom. The van der Waals surface area contributed by atoms with Crippen molar-refractivity contribution >= 4 is 11.4 Å². The van der Waals surface area contributed by atoms with Gasteiger partial charge in [-0.25, -0.2) is 0 Å². The minimum atomic E-state index is -0.517. The number of nitro benzene ring substituents is 1. The number of ether oxygens (including phenoxy) is 1. The maximum Gasteiger partial charge on any atom is 0.289 e. The first-order valence-electron chi connectivity index (χ1n) is 6.44. The van der Waals surface area contributed by atoms with Crippen LogP contribution in [0.3, 0.4) is 0 Å². The molecular formula is C14H17N3O3. The Hall–Kier alpha value is -2.13. The first-order valence-corrected chi connectivity index (χ1v) is 6.44. The molecule has 0 aromatic heterocycles. The molecule has 0 spiro atoms. The molecule has 1 aromatic carbocycles. The predicted molar refractivity (Wildman–Crippen MR) is 74.7 cm³/mol. The van der Waals surface area contributed by atoms with Gasteiger partial charge in [0, 0.05) is 24.8 Å². The zero-order valence-electron chi connectivity index (χ0n) is 11.8. The molecule has 1 fully saturated rings. The van der Waals surface area contributed by atoms with Gasteiger partial charge >= 0.3 is 0 Å². The minimum Gasteiger partial charge on any atom is -0.369 e. The van der Waals surface area contributed by atoms with Crippen LogP contribution in [0.4, 0.5) is 11.4 Å². The highest BCUT2D eigenvalue weighted by molar-refractivity contribution is 5.60. The van der Waals surface area contributed by atoms with Crippen molar-refractivity contribution in [1.82, 2.24) is 0 Å². The number of nitrogens with zero attached hydrogens (tertiary/aromatic N) is 3. The second-order valence-electron chi connectivity index (χ2n) is 5.64. The molecule has 0 saturated carbocycles. The van der Waals surface area contributed by atoms with Crippen LogP contribution in [0.1, 0.15) is 26.3 Å². The third-order valence-electron chi connectivity index (χ3n) is 3.23. The summed E-state index contributed by atoms with van der Waals surface area (Å²) >= 11 is 0. The van der Waals surface area contributed by atoms with E-state index in [0.29, 0.717) is 13.1 Å². The van der Waals surface area contributed by atoms with Crippen LogP contribution in [0.15, 0.2) is 18.2 Å². The number of anilines is 1. The highest BCUT2D eigenvalue weighted by atomic mass is 16.6. The Morgan fingerprint density at radius 2 is 2.25 bits per heavy atom. The van der Waals surface area contributed by atoms with Gasteiger partial charge in [0.25, 0.3) is 5.69 Å². The van der Waals surface area contributed by atoms with E-state index in [-0.39, 0.29) is 23.0 Å². The SMILES string of the molecule is CC1CN(c2ccc(C#N)c([N+](=O)[O-])c2)CC(C)(C)O1. The van der Waals surface area contributed by atoms with E-state index >= 15 is 0 Å². The Bertz CT molecular complexity index is 578. The van der Waals surface area contributed by atoms with Gasteiger partial charge < -0.3 is 9.64 Å². The highest BCUT2D eigenvalue weighted by Crippen LogP contribution is 2.30. The summed E-state index contributed by atoms with van der Waals surface area (Å²) in [7, 11) is 0. The average molecular weight is 275 g/mol. The van der Waals surface area contributed by atoms with Crippen molar-refractivity contribution in [2.75, 3.05) is 18.0 Å². The lowest BCUT2D eigenvalue weighted by Crippen LogP contribution is -2.52. The molecule has 2 rings (SSSR count). The fourth-order valence-electron chi connectivity index (χ4n) is 2.61. The van der Waals surface area contributed by atoms with Crippen LogP contribution in [-0.2, 0) is 4.74 Å². The predicted octanol–water partition coefficient (Wildman–Crippen LogP) is 2.47. The van der Waals surface area contributed by atoms with Gasteiger partial charge in [-0.1, -0.05) is 0 Å². The summed E-state index contributed by atoms with van der Waals surface area (Å²) in [5, 5.41) is 19.9. The van der Waals surface area contributed by atoms with E-state index < -0.39 is 4.92 Å². The molecule has 1 aromatic rings. The van der Waals surface area contributed by atoms with E-state index in [1.54, 1.807) is 6.07 Å². The Balaban J connectivity index is 2.36. The zero-order chi connectivity index (χ0) is 14.9. The van der Waals surface area contributed by atoms with E-state index in [1.807, 2.05) is 26.8 Å². The van der Waals surface area contributed by atoms with E-state index in [1.165, 1.54) is 12.1 Å². The fraction of sp³-hybridized carbons (Fsp3) is 0.500. The van der Waals surface area contributed by atoms with Gasteiger partial charge in [0.1, 0.15) is 11.6 Å². The maximum atomic E-state index is 11.0. The molecule has 0 N–H and O–H groups in total. The molecule has 1 atom stereocenters. The quantitative estimate of drug-likeness (QED) is 0.612. The molecule has 106 valence electrons. The Morgan fingerprint density at radius 3 is 2.80 bits per heavy atom. The first kappa shape index (κ1) is 14.3. The van der Waals surface area contributed by atoms with Gasteiger partial charge in [0.15, 0.2) is 0 Å². The summed E-state index contributed by atoms with van der Waals surface area (Å²) in [5.41, 5.74) is 0.376. The van der Waals surface area contributed by atoms with Gasteiger partial charge in [-0.2, -0.15) is 5.26 Å². The summed E-state index contributed by atoms with van der Waals surface area (Å²) in [6, 6.07) is 6.56. The lowest BCUT2D eigenvalue weighted by Gasteiger charge is -2.42. The zero-order valence-corrected chi connectivity index (χ0v) is 11.8. The number of morpholine rings is 1. The molecule has 1 aliphatic rings. The summed E-state index contributed by atoms with van der Waals surface area (Å²) in [4.78, 5) is 12.6. The first-order chi connectivity index (χ1) is 9.32. The van der Waals surface area contributed by atoms with Crippen molar-refractivity contribution in [3.05, 3.63) is 33.9 Å². The Labute approximate surface area is 117 Å². The second-order valence-corrected chi connectivity index (χ2v) is 5.64. The maximum absolute atomic E-state index is 11.0. The minimum absolute atomic E-state index is 0.0495. The summed E-state index contributed by atoms with van der Waals surface area (Å²) in [6.07, 6.45) is 0.0495. The van der Waals surface area contributed by atoms with E-state index in [0.717, 1.165) is 5.69 Å². The second kappa shape index (κ2) is 5.10. The monoisotopic (exact) mass is 275 g/mol. The standard InChI is InChI=1S/C14H17N3O3/c1-10-8-16(9-14(2,3)20-10)12-5-4-11(7-15)13(6-12)17(18)19/h4-6,10H,8-9H2,1-3H3. The van der Waals surface area contributed by atoms with Crippen LogP contribution in [0.5, 0.6) is 0 Å². The van der Waals surface area contributed by atoms with Crippen LogP contribution in [0, 0.1) is 21.4 Å². The molecule has 0 amide bonds. The summed E-state index contributed by atoms with van der Waals surface area (Å²) in [6.45, 7) is 7.29. The smallest absolute Gasteiger partial charge is 0.289 e. The normalized spacial score (nSPS) is 21.3. The number of hydrogen-bond donors (Lipinski definition) is 0. The number of benzene rings is 1. The molecule has 1 unspecified atom stereocenters. The molecule has 0 aliphatic carbocycles. The fourth-order valence-corrected chi connectivity index (χ4v) is 2.61. The number of hydrogen-bond acceptors (Lipinski definition) is 5. The van der Waals surface area contributed by atoms with Crippen molar-refractivity contribution in [3.63, 3.8) is 0 Å². The van der Waals surface area contributed by atoms with Crippen molar-refractivity contribution in [1.29, 1.82) is 5.26 Å². The van der Waals surface area contributed by atoms with Crippen LogP contribution in [0.25, 0.3) is 0 Å².